The van der Waals surface area contributed by atoms with Gasteiger partial charge in [-0.05, 0) is 31.2 Å². The number of nitro benzene ring substituents is 1. The van der Waals surface area contributed by atoms with Crippen molar-refractivity contribution in [3.05, 3.63) is 99.4 Å². The zero-order valence-corrected chi connectivity index (χ0v) is 18.8. The standard InChI is InChI=1S/C23H19FN2O7S/c1-14-7-10-16(11-8-14)34(31,32)25-20-12-9-15(26(29)30)13-18(20)23(28,21(25)22(27)33-2)17-5-3-4-6-19(17)24/h3-13,21,28H,1-2H3. The van der Waals surface area contributed by atoms with E-state index in [1.54, 1.807) is 19.1 Å². The molecule has 0 radical (unpaired) electrons. The van der Waals surface area contributed by atoms with Crippen molar-refractivity contribution in [3.63, 3.8) is 0 Å². The maximum Gasteiger partial charge on any atom is 0.333 e. The fourth-order valence-electron chi connectivity index (χ4n) is 4.12. The Labute approximate surface area is 194 Å². The largest absolute Gasteiger partial charge is 0.467 e. The van der Waals surface area contributed by atoms with Crippen LogP contribution in [-0.2, 0) is 25.2 Å². The topological polar surface area (TPSA) is 127 Å². The first-order valence-electron chi connectivity index (χ1n) is 9.98. The molecule has 1 heterocycles. The Kier molecular flexibility index (Phi) is 5.62. The third-order valence-electron chi connectivity index (χ3n) is 5.76. The first-order chi connectivity index (χ1) is 16.0. The van der Waals surface area contributed by atoms with Crippen LogP contribution >= 0.6 is 0 Å². The van der Waals surface area contributed by atoms with Crippen molar-refractivity contribution in [1.29, 1.82) is 0 Å². The maximum absolute atomic E-state index is 15.0. The van der Waals surface area contributed by atoms with Crippen LogP contribution in [0.5, 0.6) is 0 Å². The molecule has 0 spiro atoms. The highest BCUT2D eigenvalue weighted by molar-refractivity contribution is 7.93. The summed E-state index contributed by atoms with van der Waals surface area (Å²) < 4.78 is 47.9. The van der Waals surface area contributed by atoms with Crippen LogP contribution in [0.4, 0.5) is 15.8 Å². The number of halogens is 1. The van der Waals surface area contributed by atoms with E-state index >= 15 is 0 Å². The van der Waals surface area contributed by atoms with Crippen LogP contribution in [0.25, 0.3) is 0 Å². The van der Waals surface area contributed by atoms with Crippen molar-refractivity contribution < 1.29 is 32.4 Å². The number of hydrogen-bond donors (Lipinski definition) is 1. The zero-order valence-electron chi connectivity index (χ0n) is 18.0. The molecular formula is C23H19FN2O7S. The average Bonchev–Trinajstić information content (AvgIpc) is 3.08. The number of hydrogen-bond acceptors (Lipinski definition) is 7. The summed E-state index contributed by atoms with van der Waals surface area (Å²) >= 11 is 0. The van der Waals surface area contributed by atoms with Gasteiger partial charge in [0.05, 0.1) is 22.6 Å². The van der Waals surface area contributed by atoms with Gasteiger partial charge in [-0.3, -0.25) is 10.1 Å². The van der Waals surface area contributed by atoms with Gasteiger partial charge in [0.1, 0.15) is 5.82 Å². The normalized spacial score (nSPS) is 19.5. The fraction of sp³-hybridized carbons (Fsp3) is 0.174. The number of anilines is 1. The van der Waals surface area contributed by atoms with Crippen LogP contribution in [-0.4, -0.2) is 37.6 Å². The Balaban J connectivity index is 2.09. The smallest absolute Gasteiger partial charge is 0.333 e. The number of aryl methyl sites for hydroxylation is 1. The molecule has 1 aliphatic heterocycles. The second kappa shape index (κ2) is 8.19. The molecule has 0 aliphatic carbocycles. The Bertz CT molecular complexity index is 1410. The van der Waals surface area contributed by atoms with Gasteiger partial charge in [0.2, 0.25) is 0 Å². The number of aliphatic hydroxyl groups is 1. The minimum atomic E-state index is -4.52. The van der Waals surface area contributed by atoms with Crippen LogP contribution in [0.15, 0.2) is 71.6 Å². The molecule has 34 heavy (non-hydrogen) atoms. The number of ether oxygens (including phenoxy) is 1. The lowest BCUT2D eigenvalue weighted by Gasteiger charge is -2.33. The van der Waals surface area contributed by atoms with Crippen LogP contribution in [0.1, 0.15) is 16.7 Å². The summed E-state index contributed by atoms with van der Waals surface area (Å²) in [4.78, 5) is 23.5. The Morgan fingerprint density at radius 1 is 1.12 bits per heavy atom. The number of carbonyl (C=O) groups is 1. The molecule has 4 rings (SSSR count). The summed E-state index contributed by atoms with van der Waals surface area (Å²) in [7, 11) is -3.53. The minimum Gasteiger partial charge on any atom is -0.467 e. The molecule has 0 saturated heterocycles. The van der Waals surface area contributed by atoms with Gasteiger partial charge in [0.15, 0.2) is 11.6 Å². The summed E-state index contributed by atoms with van der Waals surface area (Å²) in [5.41, 5.74) is -3.30. The number of sulfonamides is 1. The molecule has 0 aromatic heterocycles. The second-order valence-corrected chi connectivity index (χ2v) is 9.56. The van der Waals surface area contributed by atoms with E-state index in [0.29, 0.717) is 4.31 Å². The Hall–Kier alpha value is -3.83. The number of rotatable bonds is 5. The summed E-state index contributed by atoms with van der Waals surface area (Å²) in [5, 5.41) is 23.4. The first kappa shape index (κ1) is 23.3. The molecule has 3 aromatic rings. The van der Waals surface area contributed by atoms with Crippen LogP contribution in [0.2, 0.25) is 0 Å². The van der Waals surface area contributed by atoms with Crippen molar-refractivity contribution in [2.75, 3.05) is 11.4 Å². The molecule has 0 saturated carbocycles. The zero-order chi connectivity index (χ0) is 24.8. The average molecular weight is 486 g/mol. The number of fused-ring (bicyclic) bond motifs is 1. The van der Waals surface area contributed by atoms with Crippen molar-refractivity contribution in [2.45, 2.75) is 23.5 Å². The molecule has 0 amide bonds. The summed E-state index contributed by atoms with van der Waals surface area (Å²) in [6.07, 6.45) is 0. The molecule has 1 N–H and O–H groups in total. The summed E-state index contributed by atoms with van der Waals surface area (Å²) in [6, 6.07) is 11.8. The second-order valence-electron chi connectivity index (χ2n) is 7.74. The number of esters is 1. The highest BCUT2D eigenvalue weighted by Gasteiger charge is 2.60. The highest BCUT2D eigenvalue weighted by atomic mass is 32.2. The molecule has 1 aliphatic rings. The molecular weight excluding hydrogens is 467 g/mol. The molecule has 2 atom stereocenters. The Morgan fingerprint density at radius 3 is 2.35 bits per heavy atom. The van der Waals surface area contributed by atoms with Crippen LogP contribution in [0, 0.1) is 22.9 Å². The van der Waals surface area contributed by atoms with Gasteiger partial charge in [-0.1, -0.05) is 35.9 Å². The number of carbonyl (C=O) groups excluding carboxylic acids is 1. The van der Waals surface area contributed by atoms with Gasteiger partial charge in [-0.2, -0.15) is 0 Å². The number of nitro groups is 1. The first-order valence-corrected chi connectivity index (χ1v) is 11.4. The van der Waals surface area contributed by atoms with E-state index in [1.165, 1.54) is 30.3 Å². The molecule has 11 heteroatoms. The number of benzene rings is 3. The molecule has 0 fully saturated rings. The van der Waals surface area contributed by atoms with Crippen molar-refractivity contribution in [1.82, 2.24) is 0 Å². The van der Waals surface area contributed by atoms with E-state index in [4.69, 9.17) is 4.74 Å². The van der Waals surface area contributed by atoms with Gasteiger partial charge in [0.25, 0.3) is 15.7 Å². The van der Waals surface area contributed by atoms with Gasteiger partial charge in [0, 0.05) is 23.3 Å². The minimum absolute atomic E-state index is 0.200. The van der Waals surface area contributed by atoms with Gasteiger partial charge >= 0.3 is 5.97 Å². The van der Waals surface area contributed by atoms with Crippen molar-refractivity contribution >= 4 is 27.4 Å². The highest BCUT2D eigenvalue weighted by Crippen LogP contribution is 2.51. The van der Waals surface area contributed by atoms with E-state index < -0.39 is 49.6 Å². The van der Waals surface area contributed by atoms with Crippen LogP contribution < -0.4 is 4.31 Å². The lowest BCUT2D eigenvalue weighted by atomic mass is 9.82. The van der Waals surface area contributed by atoms with E-state index in [9.17, 15) is 32.8 Å². The molecule has 3 aromatic carbocycles. The lowest BCUT2D eigenvalue weighted by molar-refractivity contribution is -0.385. The van der Waals surface area contributed by atoms with E-state index in [2.05, 4.69) is 0 Å². The van der Waals surface area contributed by atoms with Gasteiger partial charge < -0.3 is 9.84 Å². The Morgan fingerprint density at radius 2 is 1.76 bits per heavy atom. The summed E-state index contributed by atoms with van der Waals surface area (Å²) in [6.45, 7) is 1.76. The van der Waals surface area contributed by atoms with Gasteiger partial charge in [-0.25, -0.2) is 21.9 Å². The maximum atomic E-state index is 15.0. The third-order valence-corrected chi connectivity index (χ3v) is 7.55. The predicted molar refractivity (Wildman–Crippen MR) is 119 cm³/mol. The SMILES string of the molecule is COC(=O)C1N(S(=O)(=O)c2ccc(C)cc2)c2ccc([N+](=O)[O-])cc2C1(O)c1ccccc1F. The lowest BCUT2D eigenvalue weighted by Crippen LogP contribution is -2.53. The number of methoxy groups -OCH3 is 1. The predicted octanol–water partition coefficient (Wildman–Crippen LogP) is 3.03. The molecule has 2 unspecified atom stereocenters. The van der Waals surface area contributed by atoms with Crippen molar-refractivity contribution in [2.24, 2.45) is 0 Å². The third kappa shape index (κ3) is 3.40. The van der Waals surface area contributed by atoms with E-state index in [0.717, 1.165) is 36.9 Å². The summed E-state index contributed by atoms with van der Waals surface area (Å²) in [5.74, 6) is -2.12. The number of non-ortho nitro benzene ring substituents is 1. The monoisotopic (exact) mass is 486 g/mol. The molecule has 9 nitrogen and oxygen atoms in total. The molecule has 176 valence electrons. The van der Waals surface area contributed by atoms with Crippen molar-refractivity contribution in [3.8, 4) is 0 Å². The van der Waals surface area contributed by atoms with E-state index in [1.807, 2.05) is 0 Å². The van der Waals surface area contributed by atoms with Gasteiger partial charge in [-0.15, -0.1) is 0 Å². The molecule has 0 bridgehead atoms. The fourth-order valence-corrected chi connectivity index (χ4v) is 5.77. The van der Waals surface area contributed by atoms with Crippen LogP contribution in [0.3, 0.4) is 0 Å². The van der Waals surface area contributed by atoms with E-state index in [-0.39, 0.29) is 16.1 Å². The quantitative estimate of drug-likeness (QED) is 0.334. The number of nitrogens with zero attached hydrogens (tertiary/aromatic N) is 2.